The molecule has 248 valence electrons. The van der Waals surface area contributed by atoms with Crippen molar-refractivity contribution in [1.82, 2.24) is 0 Å². The molecule has 0 heterocycles. The van der Waals surface area contributed by atoms with Crippen molar-refractivity contribution in [1.29, 1.82) is 0 Å². The van der Waals surface area contributed by atoms with Gasteiger partial charge in [-0.2, -0.15) is 0 Å². The maximum absolute atomic E-state index is 2.43. The van der Waals surface area contributed by atoms with Crippen LogP contribution < -0.4 is 4.90 Å². The fraction of sp³-hybridized carbons (Fsp3) is 0. The molecule has 0 bridgehead atoms. The van der Waals surface area contributed by atoms with E-state index in [4.69, 9.17) is 0 Å². The largest absolute Gasteiger partial charge is 0.310 e. The number of fused-ring (bicyclic) bond motifs is 6. The van der Waals surface area contributed by atoms with Gasteiger partial charge in [0.2, 0.25) is 0 Å². The van der Waals surface area contributed by atoms with Gasteiger partial charge in [-0.1, -0.05) is 170 Å². The Morgan fingerprint density at radius 3 is 1.30 bits per heavy atom. The molecular weight excluding hydrogens is 639 g/mol. The van der Waals surface area contributed by atoms with Crippen LogP contribution in [0, 0.1) is 0 Å². The topological polar surface area (TPSA) is 3.24 Å². The quantitative estimate of drug-likeness (QED) is 0.159. The van der Waals surface area contributed by atoms with E-state index < -0.39 is 0 Å². The van der Waals surface area contributed by atoms with E-state index in [0.717, 1.165) is 17.1 Å². The first-order valence-corrected chi connectivity index (χ1v) is 18.3. The summed E-state index contributed by atoms with van der Waals surface area (Å²) in [5.74, 6) is 0. The second-order valence-corrected chi connectivity index (χ2v) is 13.7. The first-order valence-electron chi connectivity index (χ1n) is 18.3. The molecular formula is C52H35N. The van der Waals surface area contributed by atoms with Crippen molar-refractivity contribution in [3.05, 3.63) is 212 Å². The molecule has 0 saturated heterocycles. The van der Waals surface area contributed by atoms with Crippen LogP contribution in [-0.4, -0.2) is 0 Å². The number of benzene rings is 10. The van der Waals surface area contributed by atoms with Gasteiger partial charge in [0, 0.05) is 17.1 Å². The van der Waals surface area contributed by atoms with Crippen molar-refractivity contribution in [3.8, 4) is 33.4 Å². The van der Waals surface area contributed by atoms with Gasteiger partial charge in [-0.15, -0.1) is 0 Å². The predicted octanol–water partition coefficient (Wildman–Crippen LogP) is 14.8. The molecule has 10 rings (SSSR count). The minimum absolute atomic E-state index is 1.10. The van der Waals surface area contributed by atoms with Gasteiger partial charge in [-0.25, -0.2) is 0 Å². The Morgan fingerprint density at radius 2 is 0.679 bits per heavy atom. The number of rotatable bonds is 6. The molecule has 10 aromatic rings. The summed E-state index contributed by atoms with van der Waals surface area (Å²) in [6.07, 6.45) is 0. The smallest absolute Gasteiger partial charge is 0.0474 e. The van der Waals surface area contributed by atoms with Crippen molar-refractivity contribution in [3.63, 3.8) is 0 Å². The van der Waals surface area contributed by atoms with Crippen molar-refractivity contribution < 1.29 is 0 Å². The van der Waals surface area contributed by atoms with Crippen LogP contribution in [0.2, 0.25) is 0 Å². The monoisotopic (exact) mass is 673 g/mol. The van der Waals surface area contributed by atoms with Crippen molar-refractivity contribution in [2.24, 2.45) is 0 Å². The van der Waals surface area contributed by atoms with Crippen LogP contribution in [0.3, 0.4) is 0 Å². The summed E-state index contributed by atoms with van der Waals surface area (Å²) in [7, 11) is 0. The van der Waals surface area contributed by atoms with Gasteiger partial charge in [0.25, 0.3) is 0 Å². The molecule has 0 N–H and O–H groups in total. The molecule has 10 aromatic carbocycles. The zero-order chi connectivity index (χ0) is 35.1. The molecule has 0 fully saturated rings. The van der Waals surface area contributed by atoms with E-state index in [9.17, 15) is 0 Å². The first kappa shape index (κ1) is 30.8. The summed E-state index contributed by atoms with van der Waals surface area (Å²) in [6.45, 7) is 0. The minimum atomic E-state index is 1.10. The lowest BCUT2D eigenvalue weighted by molar-refractivity contribution is 1.29. The summed E-state index contributed by atoms with van der Waals surface area (Å²) in [6, 6.07) is 77.3. The summed E-state index contributed by atoms with van der Waals surface area (Å²) in [5, 5.41) is 10.0. The Morgan fingerprint density at radius 1 is 0.226 bits per heavy atom. The number of nitrogens with zero attached hydrogens (tertiary/aromatic N) is 1. The van der Waals surface area contributed by atoms with Crippen LogP contribution in [-0.2, 0) is 0 Å². The third kappa shape index (κ3) is 5.51. The van der Waals surface area contributed by atoms with E-state index in [2.05, 4.69) is 217 Å². The third-order valence-corrected chi connectivity index (χ3v) is 10.6. The van der Waals surface area contributed by atoms with Gasteiger partial charge in [0.15, 0.2) is 0 Å². The SMILES string of the molecule is c1ccc(-c2ccc(N(c3ccc(-c4ccccc4)cc3)c3cc(-c4cc5c6ccccc6ccc5c5ccccc45)c4ccccc4c3)cc2)cc1. The minimum Gasteiger partial charge on any atom is -0.310 e. The van der Waals surface area contributed by atoms with Crippen molar-refractivity contribution >= 4 is 60.2 Å². The van der Waals surface area contributed by atoms with Gasteiger partial charge in [0.1, 0.15) is 0 Å². The highest BCUT2D eigenvalue weighted by Gasteiger charge is 2.19. The van der Waals surface area contributed by atoms with Crippen LogP contribution in [0.25, 0.3) is 76.5 Å². The van der Waals surface area contributed by atoms with E-state index in [0.29, 0.717) is 0 Å². The van der Waals surface area contributed by atoms with E-state index in [1.807, 2.05) is 0 Å². The molecule has 0 saturated carbocycles. The Labute approximate surface area is 309 Å². The molecule has 0 aliphatic carbocycles. The van der Waals surface area contributed by atoms with Gasteiger partial charge in [-0.3, -0.25) is 0 Å². The highest BCUT2D eigenvalue weighted by Crippen LogP contribution is 2.44. The van der Waals surface area contributed by atoms with Crippen LogP contribution in [0.1, 0.15) is 0 Å². The number of anilines is 3. The van der Waals surface area contributed by atoms with Crippen molar-refractivity contribution in [2.75, 3.05) is 4.90 Å². The molecule has 0 aliphatic heterocycles. The first-order chi connectivity index (χ1) is 26.3. The molecule has 53 heavy (non-hydrogen) atoms. The fourth-order valence-corrected chi connectivity index (χ4v) is 8.04. The highest BCUT2D eigenvalue weighted by atomic mass is 15.1. The van der Waals surface area contributed by atoms with Crippen LogP contribution in [0.4, 0.5) is 17.1 Å². The lowest BCUT2D eigenvalue weighted by atomic mass is 9.88. The fourth-order valence-electron chi connectivity index (χ4n) is 8.04. The van der Waals surface area contributed by atoms with Crippen LogP contribution >= 0.6 is 0 Å². The summed E-state index contributed by atoms with van der Waals surface area (Å²) in [4.78, 5) is 2.40. The van der Waals surface area contributed by atoms with E-state index in [1.54, 1.807) is 0 Å². The van der Waals surface area contributed by atoms with Crippen LogP contribution in [0.15, 0.2) is 212 Å². The second-order valence-electron chi connectivity index (χ2n) is 13.7. The van der Waals surface area contributed by atoms with E-state index >= 15 is 0 Å². The molecule has 0 aromatic heterocycles. The maximum atomic E-state index is 2.43. The number of hydrogen-bond acceptors (Lipinski definition) is 1. The Bertz CT molecular complexity index is 2830. The summed E-state index contributed by atoms with van der Waals surface area (Å²) in [5.41, 5.74) is 10.6. The molecule has 1 nitrogen and oxygen atoms in total. The molecule has 0 spiro atoms. The average molecular weight is 674 g/mol. The van der Waals surface area contributed by atoms with Gasteiger partial charge in [-0.05, 0) is 119 Å². The zero-order valence-corrected chi connectivity index (χ0v) is 29.2. The molecule has 0 amide bonds. The highest BCUT2D eigenvalue weighted by molar-refractivity contribution is 6.22. The molecule has 0 unspecified atom stereocenters. The molecule has 0 atom stereocenters. The Kier molecular flexibility index (Phi) is 7.55. The standard InChI is InChI=1S/C52H35N/c1-3-13-36(14-4-1)38-23-28-42(29-24-38)53(43-30-25-39(26-31-43)37-15-5-2-6-16-37)44-33-41-18-8-10-20-46(41)50(34-44)52-35-51-45-19-9-7-17-40(45)27-32-49(51)47-21-11-12-22-48(47)52/h1-35H. The predicted molar refractivity (Wildman–Crippen MR) is 227 cm³/mol. The van der Waals surface area contributed by atoms with Crippen molar-refractivity contribution in [2.45, 2.75) is 0 Å². The lowest BCUT2D eigenvalue weighted by Gasteiger charge is -2.27. The van der Waals surface area contributed by atoms with E-state index in [-0.39, 0.29) is 0 Å². The Hall–Kier alpha value is -6.96. The summed E-state index contributed by atoms with van der Waals surface area (Å²) < 4.78 is 0. The lowest BCUT2D eigenvalue weighted by Crippen LogP contribution is -2.10. The second kappa shape index (κ2) is 13.0. The van der Waals surface area contributed by atoms with Gasteiger partial charge >= 0.3 is 0 Å². The average Bonchev–Trinajstić information content (AvgIpc) is 3.24. The zero-order valence-electron chi connectivity index (χ0n) is 29.2. The molecule has 0 radical (unpaired) electrons. The molecule has 1 heteroatoms. The summed E-state index contributed by atoms with van der Waals surface area (Å²) >= 11 is 0. The van der Waals surface area contributed by atoms with Crippen LogP contribution in [0.5, 0.6) is 0 Å². The maximum Gasteiger partial charge on any atom is 0.0474 e. The van der Waals surface area contributed by atoms with Gasteiger partial charge < -0.3 is 4.90 Å². The Balaban J connectivity index is 1.21. The van der Waals surface area contributed by atoms with E-state index in [1.165, 1.54) is 76.5 Å². The normalized spacial score (nSPS) is 11.4. The molecule has 0 aliphatic rings. The number of hydrogen-bond donors (Lipinski definition) is 0. The third-order valence-electron chi connectivity index (χ3n) is 10.6. The van der Waals surface area contributed by atoms with Gasteiger partial charge in [0.05, 0.1) is 0 Å².